The predicted octanol–water partition coefficient (Wildman–Crippen LogP) is 4.45. The summed E-state index contributed by atoms with van der Waals surface area (Å²) in [6, 6.07) is 17.1. The molecule has 1 aromatic heterocycles. The Hall–Kier alpha value is -2.45. The minimum Gasteiger partial charge on any atom is -0.344 e. The molecule has 1 fully saturated rings. The van der Waals surface area contributed by atoms with Crippen LogP contribution in [0.5, 0.6) is 0 Å². The quantitative estimate of drug-likeness (QED) is 0.634. The number of halogens is 3. The van der Waals surface area contributed by atoms with Crippen molar-refractivity contribution in [3.8, 4) is 11.1 Å². The zero-order chi connectivity index (χ0) is 19.3. The van der Waals surface area contributed by atoms with Gasteiger partial charge in [0, 0.05) is 26.2 Å². The van der Waals surface area contributed by atoms with Gasteiger partial charge in [0.05, 0.1) is 6.04 Å². The Labute approximate surface area is 164 Å². The summed E-state index contributed by atoms with van der Waals surface area (Å²) in [5.41, 5.74) is 5.13. The maximum Gasteiger partial charge on any atom is 0.445 e. The van der Waals surface area contributed by atoms with Gasteiger partial charge >= 0.3 is 6.18 Å². The number of hydrogen-bond acceptors (Lipinski definition) is 5. The molecular formula is C20H17F3N4S. The van der Waals surface area contributed by atoms with Gasteiger partial charge in [0.15, 0.2) is 0 Å². The summed E-state index contributed by atoms with van der Waals surface area (Å²) in [5, 5.41) is 6.52. The first kappa shape index (κ1) is 17.6. The Morgan fingerprint density at radius 2 is 1.39 bits per heavy atom. The number of rotatable bonds is 2. The van der Waals surface area contributed by atoms with Gasteiger partial charge in [-0.1, -0.05) is 59.9 Å². The van der Waals surface area contributed by atoms with Crippen LogP contribution in [-0.4, -0.2) is 41.3 Å². The highest BCUT2D eigenvalue weighted by Gasteiger charge is 2.38. The van der Waals surface area contributed by atoms with Gasteiger partial charge in [-0.3, -0.25) is 4.90 Å². The van der Waals surface area contributed by atoms with Gasteiger partial charge in [-0.15, -0.1) is 10.2 Å². The van der Waals surface area contributed by atoms with Gasteiger partial charge < -0.3 is 4.90 Å². The molecule has 0 atom stereocenters. The number of nitrogens with zero attached hydrogens (tertiary/aromatic N) is 4. The van der Waals surface area contributed by atoms with Crippen molar-refractivity contribution in [1.29, 1.82) is 0 Å². The van der Waals surface area contributed by atoms with Crippen LogP contribution < -0.4 is 4.90 Å². The molecule has 0 amide bonds. The second-order valence-electron chi connectivity index (χ2n) is 6.99. The lowest BCUT2D eigenvalue weighted by atomic mass is 10.0. The van der Waals surface area contributed by atoms with E-state index < -0.39 is 11.2 Å². The molecule has 0 radical (unpaired) electrons. The van der Waals surface area contributed by atoms with Crippen LogP contribution in [0.1, 0.15) is 22.2 Å². The molecule has 0 unspecified atom stereocenters. The SMILES string of the molecule is FC(F)(F)c1nnc(N2CCN(C3c4ccccc4-c4ccccc43)CC2)s1. The van der Waals surface area contributed by atoms with E-state index in [0.717, 1.165) is 13.1 Å². The van der Waals surface area contributed by atoms with Gasteiger partial charge in [0.25, 0.3) is 0 Å². The van der Waals surface area contributed by atoms with Crippen LogP contribution in [0.4, 0.5) is 18.3 Å². The number of hydrogen-bond donors (Lipinski definition) is 0. The molecule has 144 valence electrons. The van der Waals surface area contributed by atoms with Crippen LogP contribution in [0, 0.1) is 0 Å². The average Bonchev–Trinajstić information content (AvgIpc) is 3.32. The predicted molar refractivity (Wildman–Crippen MR) is 102 cm³/mol. The van der Waals surface area contributed by atoms with E-state index in [0.29, 0.717) is 29.6 Å². The van der Waals surface area contributed by atoms with Crippen molar-refractivity contribution in [3.05, 3.63) is 64.7 Å². The third-order valence-electron chi connectivity index (χ3n) is 5.41. The summed E-state index contributed by atoms with van der Waals surface area (Å²) in [6.07, 6.45) is -4.44. The van der Waals surface area contributed by atoms with Crippen LogP contribution >= 0.6 is 11.3 Å². The molecule has 0 N–H and O–H groups in total. The van der Waals surface area contributed by atoms with E-state index in [4.69, 9.17) is 0 Å². The van der Waals surface area contributed by atoms with Crippen molar-refractivity contribution in [2.75, 3.05) is 31.1 Å². The average molecular weight is 402 g/mol. The first-order valence-corrected chi connectivity index (χ1v) is 9.92. The van der Waals surface area contributed by atoms with E-state index in [1.165, 1.54) is 22.3 Å². The second kappa shape index (κ2) is 6.56. The molecule has 0 spiro atoms. The highest BCUT2D eigenvalue weighted by atomic mass is 32.1. The number of anilines is 1. The Morgan fingerprint density at radius 1 is 0.821 bits per heavy atom. The van der Waals surface area contributed by atoms with Crippen molar-refractivity contribution in [2.45, 2.75) is 12.2 Å². The third kappa shape index (κ3) is 2.87. The minimum atomic E-state index is -4.44. The van der Waals surface area contributed by atoms with Crippen molar-refractivity contribution in [3.63, 3.8) is 0 Å². The largest absolute Gasteiger partial charge is 0.445 e. The molecule has 3 aromatic rings. The van der Waals surface area contributed by atoms with E-state index in [-0.39, 0.29) is 6.04 Å². The third-order valence-corrected chi connectivity index (χ3v) is 6.44. The van der Waals surface area contributed by atoms with E-state index in [1.807, 2.05) is 4.90 Å². The van der Waals surface area contributed by atoms with E-state index in [9.17, 15) is 13.2 Å². The molecule has 1 aliphatic heterocycles. The molecule has 2 heterocycles. The van der Waals surface area contributed by atoms with Gasteiger partial charge in [-0.25, -0.2) is 0 Å². The maximum atomic E-state index is 12.8. The van der Waals surface area contributed by atoms with Crippen molar-refractivity contribution in [2.24, 2.45) is 0 Å². The van der Waals surface area contributed by atoms with Crippen LogP contribution in [0.25, 0.3) is 11.1 Å². The second-order valence-corrected chi connectivity index (χ2v) is 7.94. The maximum absolute atomic E-state index is 12.8. The van der Waals surface area contributed by atoms with Crippen LogP contribution in [0.2, 0.25) is 0 Å². The van der Waals surface area contributed by atoms with E-state index >= 15 is 0 Å². The highest BCUT2D eigenvalue weighted by Crippen LogP contribution is 2.46. The fourth-order valence-corrected chi connectivity index (χ4v) is 4.92. The van der Waals surface area contributed by atoms with Crippen LogP contribution in [0.15, 0.2) is 48.5 Å². The van der Waals surface area contributed by atoms with E-state index in [1.54, 1.807) is 0 Å². The van der Waals surface area contributed by atoms with E-state index in [2.05, 4.69) is 63.6 Å². The van der Waals surface area contributed by atoms with Crippen LogP contribution in [-0.2, 0) is 6.18 Å². The first-order valence-electron chi connectivity index (χ1n) is 9.10. The van der Waals surface area contributed by atoms with Gasteiger partial charge in [-0.05, 0) is 22.3 Å². The highest BCUT2D eigenvalue weighted by molar-refractivity contribution is 7.15. The molecule has 0 saturated carbocycles. The van der Waals surface area contributed by atoms with Crippen molar-refractivity contribution < 1.29 is 13.2 Å². The Kier molecular flexibility index (Phi) is 4.13. The lowest BCUT2D eigenvalue weighted by Crippen LogP contribution is -2.47. The number of benzene rings is 2. The summed E-state index contributed by atoms with van der Waals surface area (Å²) in [5.74, 6) is 0. The standard InChI is InChI=1S/C20H17F3N4S/c21-20(22,23)18-24-25-19(28-18)27-11-9-26(10-12-27)17-15-7-3-1-5-13(15)14-6-2-4-8-16(14)17/h1-8,17H,9-12H2. The Morgan fingerprint density at radius 3 is 1.93 bits per heavy atom. The number of piperazine rings is 1. The molecular weight excluding hydrogens is 385 g/mol. The molecule has 28 heavy (non-hydrogen) atoms. The normalized spacial score (nSPS) is 17.6. The lowest BCUT2D eigenvalue weighted by Gasteiger charge is -2.38. The van der Waals surface area contributed by atoms with Gasteiger partial charge in [-0.2, -0.15) is 13.2 Å². The zero-order valence-electron chi connectivity index (χ0n) is 14.9. The summed E-state index contributed by atoms with van der Waals surface area (Å²) in [6.45, 7) is 2.78. The minimum absolute atomic E-state index is 0.190. The lowest BCUT2D eigenvalue weighted by molar-refractivity contribution is -0.138. The molecule has 1 saturated heterocycles. The molecule has 4 nitrogen and oxygen atoms in total. The topological polar surface area (TPSA) is 32.3 Å². The fraction of sp³-hybridized carbons (Fsp3) is 0.300. The van der Waals surface area contributed by atoms with Crippen molar-refractivity contribution in [1.82, 2.24) is 15.1 Å². The summed E-state index contributed by atoms with van der Waals surface area (Å²) >= 11 is 0.617. The first-order chi connectivity index (χ1) is 13.5. The Bertz CT molecular complexity index is 963. The van der Waals surface area contributed by atoms with Gasteiger partial charge in [0.1, 0.15) is 0 Å². The number of fused-ring (bicyclic) bond motifs is 3. The Balaban J connectivity index is 1.37. The molecule has 0 bridgehead atoms. The van der Waals surface area contributed by atoms with Gasteiger partial charge in [0.2, 0.25) is 10.1 Å². The monoisotopic (exact) mass is 402 g/mol. The summed E-state index contributed by atoms with van der Waals surface area (Å²) in [7, 11) is 0. The van der Waals surface area contributed by atoms with Crippen LogP contribution in [0.3, 0.4) is 0 Å². The number of aromatic nitrogens is 2. The molecule has 2 aromatic carbocycles. The zero-order valence-corrected chi connectivity index (χ0v) is 15.7. The summed E-state index contributed by atoms with van der Waals surface area (Å²) in [4.78, 5) is 4.31. The fourth-order valence-electron chi connectivity index (χ4n) is 4.15. The van der Waals surface area contributed by atoms with Crippen molar-refractivity contribution >= 4 is 16.5 Å². The molecule has 5 rings (SSSR count). The smallest absolute Gasteiger partial charge is 0.344 e. The molecule has 1 aliphatic carbocycles. The number of alkyl halides is 3. The molecule has 2 aliphatic rings. The summed E-state index contributed by atoms with van der Waals surface area (Å²) < 4.78 is 38.4. The molecule has 8 heteroatoms.